The van der Waals surface area contributed by atoms with E-state index in [1.165, 1.54) is 44.9 Å². The highest BCUT2D eigenvalue weighted by Gasteiger charge is 2.32. The maximum Gasteiger partial charge on any atom is 0.280 e. The lowest BCUT2D eigenvalue weighted by Gasteiger charge is -2.34. The van der Waals surface area contributed by atoms with E-state index in [0.717, 1.165) is 15.8 Å². The van der Waals surface area contributed by atoms with E-state index in [4.69, 9.17) is 9.47 Å². The van der Waals surface area contributed by atoms with Crippen molar-refractivity contribution < 1.29 is 22.7 Å². The minimum Gasteiger partial charge on any atom is -0.497 e. The summed E-state index contributed by atoms with van der Waals surface area (Å²) in [6.07, 6.45) is 1.20. The first-order valence-corrected chi connectivity index (χ1v) is 15.0. The zero-order chi connectivity index (χ0) is 28.4. The number of amides is 1. The van der Waals surface area contributed by atoms with E-state index < -0.39 is 15.9 Å². The second-order valence-corrected chi connectivity index (χ2v) is 12.7. The smallest absolute Gasteiger partial charge is 0.280 e. The van der Waals surface area contributed by atoms with E-state index >= 15 is 0 Å². The number of fused-ring (bicyclic) bond motifs is 1. The molecule has 3 aromatic carbocycles. The zero-order valence-electron chi connectivity index (χ0n) is 22.6. The van der Waals surface area contributed by atoms with Crippen LogP contribution in [-0.4, -0.2) is 62.2 Å². The Hall–Kier alpha value is -3.64. The number of rotatable bonds is 7. The number of hydrogen-bond donors (Lipinski definition) is 0. The molecule has 1 aliphatic heterocycles. The maximum absolute atomic E-state index is 13.7. The van der Waals surface area contributed by atoms with Gasteiger partial charge in [-0.15, -0.1) is 0 Å². The lowest BCUT2D eigenvalue weighted by atomic mass is 10.2. The Bertz CT molecular complexity index is 1640. The minimum atomic E-state index is -3.74. The Morgan fingerprint density at radius 3 is 2.40 bits per heavy atom. The quantitative estimate of drug-likeness (QED) is 0.224. The monoisotopic (exact) mass is 578 g/mol. The Labute approximate surface area is 237 Å². The maximum atomic E-state index is 13.7. The summed E-state index contributed by atoms with van der Waals surface area (Å²) in [5, 5.41) is 6.13. The molecular formula is C29H30N4O5S2. The number of nitrogens with zero attached hydrogens (tertiary/aromatic N) is 4. The number of hydrazone groups is 1. The standard InChI is InChI=1S/C29H30N4O5S2/c1-19-5-7-22(8-6-19)16-30-33(29-31-26-14-11-24(37-4)15-27(26)39-29)28(34)23-9-12-25(13-10-23)40(35,36)32-17-20(2)38-21(3)18-32/h5-16,20-21H,17-18H2,1-4H3/b30-16+. The summed E-state index contributed by atoms with van der Waals surface area (Å²) >= 11 is 1.31. The lowest BCUT2D eigenvalue weighted by molar-refractivity contribution is -0.0440. The third-order valence-corrected chi connectivity index (χ3v) is 9.32. The average Bonchev–Trinajstić information content (AvgIpc) is 3.36. The van der Waals surface area contributed by atoms with E-state index in [-0.39, 0.29) is 35.8 Å². The fourth-order valence-electron chi connectivity index (χ4n) is 4.44. The predicted molar refractivity (Wildman–Crippen MR) is 157 cm³/mol. The zero-order valence-corrected chi connectivity index (χ0v) is 24.3. The molecule has 1 aromatic heterocycles. The molecule has 2 atom stereocenters. The van der Waals surface area contributed by atoms with Crippen molar-refractivity contribution in [3.8, 4) is 5.75 Å². The van der Waals surface area contributed by atoms with Gasteiger partial charge >= 0.3 is 0 Å². The van der Waals surface area contributed by atoms with Gasteiger partial charge in [0, 0.05) is 18.7 Å². The summed E-state index contributed by atoms with van der Waals surface area (Å²) in [6.45, 7) is 6.25. The molecule has 40 heavy (non-hydrogen) atoms. The summed E-state index contributed by atoms with van der Waals surface area (Å²) in [4.78, 5) is 18.5. The number of sulfonamides is 1. The van der Waals surface area contributed by atoms with Gasteiger partial charge < -0.3 is 9.47 Å². The van der Waals surface area contributed by atoms with Gasteiger partial charge in [-0.25, -0.2) is 13.4 Å². The predicted octanol–water partition coefficient (Wildman–Crippen LogP) is 5.09. The topological polar surface area (TPSA) is 101 Å². The van der Waals surface area contributed by atoms with Gasteiger partial charge in [-0.3, -0.25) is 4.79 Å². The largest absolute Gasteiger partial charge is 0.497 e. The molecule has 1 fully saturated rings. The van der Waals surface area contributed by atoms with Crippen LogP contribution < -0.4 is 9.75 Å². The number of anilines is 1. The molecule has 0 aliphatic carbocycles. The van der Waals surface area contributed by atoms with Crippen LogP contribution in [0.5, 0.6) is 5.75 Å². The van der Waals surface area contributed by atoms with Gasteiger partial charge in [-0.2, -0.15) is 14.4 Å². The fourth-order valence-corrected chi connectivity index (χ4v) is 6.98. The Morgan fingerprint density at radius 1 is 1.07 bits per heavy atom. The Balaban J connectivity index is 1.47. The molecule has 2 unspecified atom stereocenters. The van der Waals surface area contributed by atoms with Gasteiger partial charge in [-0.05, 0) is 68.8 Å². The lowest BCUT2D eigenvalue weighted by Crippen LogP contribution is -2.48. The van der Waals surface area contributed by atoms with Crippen LogP contribution in [0.3, 0.4) is 0 Å². The number of thiazole rings is 1. The normalized spacial score (nSPS) is 18.3. The summed E-state index contributed by atoms with van der Waals surface area (Å²) in [6, 6.07) is 19.2. The van der Waals surface area contributed by atoms with Crippen LogP contribution in [0.15, 0.2) is 76.7 Å². The Kier molecular flexibility index (Phi) is 7.99. The number of hydrogen-bond acceptors (Lipinski definition) is 8. The van der Waals surface area contributed by atoms with Gasteiger partial charge in [-0.1, -0.05) is 41.2 Å². The van der Waals surface area contributed by atoms with Crippen molar-refractivity contribution in [1.82, 2.24) is 9.29 Å². The van der Waals surface area contributed by atoms with Gasteiger partial charge in [0.1, 0.15) is 5.75 Å². The number of aryl methyl sites for hydroxylation is 1. The van der Waals surface area contributed by atoms with Crippen LogP contribution >= 0.6 is 11.3 Å². The molecular weight excluding hydrogens is 548 g/mol. The van der Waals surface area contributed by atoms with Gasteiger partial charge in [0.15, 0.2) is 0 Å². The van der Waals surface area contributed by atoms with Crippen molar-refractivity contribution >= 4 is 48.8 Å². The fraction of sp³-hybridized carbons (Fsp3) is 0.276. The van der Waals surface area contributed by atoms with Crippen LogP contribution in [0.25, 0.3) is 10.2 Å². The van der Waals surface area contributed by atoms with Gasteiger partial charge in [0.25, 0.3) is 5.91 Å². The van der Waals surface area contributed by atoms with E-state index in [2.05, 4.69) is 10.1 Å². The van der Waals surface area contributed by atoms with Crippen LogP contribution in [-0.2, 0) is 14.8 Å². The number of morpholine rings is 1. The summed E-state index contributed by atoms with van der Waals surface area (Å²) in [5.74, 6) is 0.247. The first-order valence-electron chi connectivity index (χ1n) is 12.8. The molecule has 208 valence electrons. The SMILES string of the molecule is COc1ccc2nc(N(/N=C/c3ccc(C)cc3)C(=O)c3ccc(S(=O)(=O)N4CC(C)OC(C)C4)cc3)sc2c1. The minimum absolute atomic E-state index is 0.118. The van der Waals surface area contributed by atoms with Crippen molar-refractivity contribution in [1.29, 1.82) is 0 Å². The first-order chi connectivity index (χ1) is 19.1. The third-order valence-electron chi connectivity index (χ3n) is 6.48. The van der Waals surface area contributed by atoms with Crippen LogP contribution in [0.1, 0.15) is 35.3 Å². The van der Waals surface area contributed by atoms with Crippen molar-refractivity contribution in [3.05, 3.63) is 83.4 Å². The molecule has 2 heterocycles. The highest BCUT2D eigenvalue weighted by molar-refractivity contribution is 7.89. The van der Waals surface area contributed by atoms with Crippen molar-refractivity contribution in [2.75, 3.05) is 25.2 Å². The number of carbonyl (C=O) groups excluding carboxylic acids is 1. The summed E-state index contributed by atoms with van der Waals surface area (Å²) in [5.41, 5.74) is 2.92. The highest BCUT2D eigenvalue weighted by atomic mass is 32.2. The van der Waals surface area contributed by atoms with E-state index in [1.54, 1.807) is 13.3 Å². The molecule has 0 N–H and O–H groups in total. The highest BCUT2D eigenvalue weighted by Crippen LogP contribution is 2.32. The number of methoxy groups -OCH3 is 1. The van der Waals surface area contributed by atoms with E-state index in [0.29, 0.717) is 16.4 Å². The molecule has 0 spiro atoms. The van der Waals surface area contributed by atoms with Gasteiger partial charge in [0.05, 0.1) is 40.6 Å². The molecule has 0 saturated carbocycles. The molecule has 5 rings (SSSR count). The van der Waals surface area contributed by atoms with Gasteiger partial charge in [0.2, 0.25) is 15.2 Å². The third kappa shape index (κ3) is 5.92. The molecule has 1 aliphatic rings. The van der Waals surface area contributed by atoms with Crippen LogP contribution in [0, 0.1) is 6.92 Å². The molecule has 9 nitrogen and oxygen atoms in total. The van der Waals surface area contributed by atoms with Crippen LogP contribution in [0.2, 0.25) is 0 Å². The number of ether oxygens (including phenoxy) is 2. The number of carbonyl (C=O) groups is 1. The van der Waals surface area contributed by atoms with E-state index in [9.17, 15) is 13.2 Å². The summed E-state index contributed by atoms with van der Waals surface area (Å²) < 4.78 is 39.8. The number of aromatic nitrogens is 1. The second kappa shape index (κ2) is 11.5. The molecule has 1 amide bonds. The van der Waals surface area contributed by atoms with Crippen molar-refractivity contribution in [3.63, 3.8) is 0 Å². The average molecular weight is 579 g/mol. The van der Waals surface area contributed by atoms with Crippen LogP contribution in [0.4, 0.5) is 5.13 Å². The summed E-state index contributed by atoms with van der Waals surface area (Å²) in [7, 11) is -2.15. The molecule has 11 heteroatoms. The molecule has 4 aromatic rings. The Morgan fingerprint density at radius 2 is 1.75 bits per heavy atom. The number of benzene rings is 3. The molecule has 0 bridgehead atoms. The molecule has 0 radical (unpaired) electrons. The first kappa shape index (κ1) is 27.9. The molecule has 1 saturated heterocycles. The van der Waals surface area contributed by atoms with Crippen molar-refractivity contribution in [2.24, 2.45) is 5.10 Å². The van der Waals surface area contributed by atoms with E-state index in [1.807, 2.05) is 63.2 Å². The second-order valence-electron chi connectivity index (χ2n) is 9.71. The van der Waals surface area contributed by atoms with Crippen molar-refractivity contribution in [2.45, 2.75) is 37.9 Å².